The first-order valence-corrected chi connectivity index (χ1v) is 7.38. The van der Waals surface area contributed by atoms with Gasteiger partial charge in [0, 0.05) is 12.1 Å². The van der Waals surface area contributed by atoms with Gasteiger partial charge in [0.15, 0.2) is 0 Å². The largest absolute Gasteiger partial charge is 0.344 e. The van der Waals surface area contributed by atoms with E-state index in [-0.39, 0.29) is 11.8 Å². The van der Waals surface area contributed by atoms with E-state index >= 15 is 0 Å². The summed E-state index contributed by atoms with van der Waals surface area (Å²) in [5.74, 6) is 2.19. The Labute approximate surface area is 123 Å². The molecular weight excluding hydrogens is 266 g/mol. The fraction of sp³-hybridized carbons (Fsp3) is 0.533. The zero-order chi connectivity index (χ0) is 14.6. The number of hydrogen-bond donors (Lipinski definition) is 2. The number of nitrogens with one attached hydrogen (secondary N) is 2. The maximum Gasteiger partial charge on any atom is 0.224 e. The number of nitrogens with zero attached hydrogens (tertiary/aromatic N) is 3. The lowest BCUT2D eigenvalue weighted by atomic mass is 10.0. The molecule has 3 heterocycles. The minimum absolute atomic E-state index is 0.150. The second-order valence-electron chi connectivity index (χ2n) is 6.58. The number of hydrogen-bond acceptors (Lipinski definition) is 4. The summed E-state index contributed by atoms with van der Waals surface area (Å²) in [6, 6.07) is 1.91. The van der Waals surface area contributed by atoms with E-state index in [0.717, 1.165) is 24.4 Å². The molecule has 4 rings (SSSR count). The third-order valence-corrected chi connectivity index (χ3v) is 4.73. The number of fused-ring (bicyclic) bond motifs is 2. The third kappa shape index (κ3) is 1.93. The van der Waals surface area contributed by atoms with E-state index < -0.39 is 5.54 Å². The second kappa shape index (κ2) is 4.27. The second-order valence-corrected chi connectivity index (χ2v) is 6.58. The predicted octanol–water partition coefficient (Wildman–Crippen LogP) is 0.546. The van der Waals surface area contributed by atoms with Gasteiger partial charge in [0.25, 0.3) is 0 Å². The topological polar surface area (TPSA) is 71.3 Å². The van der Waals surface area contributed by atoms with Crippen molar-refractivity contribution in [1.82, 2.24) is 25.0 Å². The lowest BCUT2D eigenvalue weighted by Crippen LogP contribution is -2.44. The summed E-state index contributed by atoms with van der Waals surface area (Å²) in [5.41, 5.74) is 0.464. The molecule has 2 aliphatic rings. The summed E-state index contributed by atoms with van der Waals surface area (Å²) < 4.78 is 1.93. The first kappa shape index (κ1) is 12.8. The van der Waals surface area contributed by atoms with Crippen LogP contribution in [0.5, 0.6) is 0 Å². The van der Waals surface area contributed by atoms with E-state index in [0.29, 0.717) is 11.8 Å². The SMILES string of the molecule is CC(C)(NC(=O)[C@H]1[C@@H]2CNC[C@@H]21)c1ncc2ccncn12. The molecule has 3 atom stereocenters. The number of carbonyl (C=O) groups excluding carboxylic acids is 1. The van der Waals surface area contributed by atoms with Crippen LogP contribution < -0.4 is 10.6 Å². The summed E-state index contributed by atoms with van der Waals surface area (Å²) in [7, 11) is 0. The number of amides is 1. The van der Waals surface area contributed by atoms with Crippen LogP contribution in [-0.4, -0.2) is 33.4 Å². The lowest BCUT2D eigenvalue weighted by molar-refractivity contribution is -0.124. The highest BCUT2D eigenvalue weighted by atomic mass is 16.2. The zero-order valence-corrected chi connectivity index (χ0v) is 12.2. The monoisotopic (exact) mass is 285 g/mol. The Morgan fingerprint density at radius 3 is 2.95 bits per heavy atom. The number of carbonyl (C=O) groups is 1. The Bertz CT molecular complexity index is 697. The van der Waals surface area contributed by atoms with Crippen molar-refractivity contribution >= 4 is 11.4 Å². The van der Waals surface area contributed by atoms with E-state index in [4.69, 9.17) is 0 Å². The van der Waals surface area contributed by atoms with Crippen molar-refractivity contribution in [2.24, 2.45) is 17.8 Å². The molecule has 2 N–H and O–H groups in total. The highest BCUT2D eigenvalue weighted by Gasteiger charge is 2.57. The fourth-order valence-electron chi connectivity index (χ4n) is 3.56. The van der Waals surface area contributed by atoms with Crippen LogP contribution in [0.2, 0.25) is 0 Å². The fourth-order valence-corrected chi connectivity index (χ4v) is 3.56. The summed E-state index contributed by atoms with van der Waals surface area (Å²) in [6.45, 7) is 5.92. The van der Waals surface area contributed by atoms with Crippen LogP contribution >= 0.6 is 0 Å². The summed E-state index contributed by atoms with van der Waals surface area (Å²) in [4.78, 5) is 21.1. The smallest absolute Gasteiger partial charge is 0.224 e. The van der Waals surface area contributed by atoms with Crippen LogP contribution in [0.4, 0.5) is 0 Å². The van der Waals surface area contributed by atoms with Gasteiger partial charge in [-0.2, -0.15) is 0 Å². The van der Waals surface area contributed by atoms with Crippen LogP contribution in [0, 0.1) is 17.8 Å². The molecule has 0 bridgehead atoms. The minimum Gasteiger partial charge on any atom is -0.344 e. The Hall–Kier alpha value is -1.95. The molecule has 0 aromatic carbocycles. The average molecular weight is 285 g/mol. The van der Waals surface area contributed by atoms with Crippen molar-refractivity contribution in [3.05, 3.63) is 30.6 Å². The summed E-state index contributed by atoms with van der Waals surface area (Å²) in [5, 5.41) is 6.48. The van der Waals surface area contributed by atoms with Crippen molar-refractivity contribution in [2.45, 2.75) is 19.4 Å². The van der Waals surface area contributed by atoms with Crippen LogP contribution in [0.15, 0.2) is 24.8 Å². The van der Waals surface area contributed by atoms with Gasteiger partial charge in [0.05, 0.1) is 17.3 Å². The van der Waals surface area contributed by atoms with Crippen molar-refractivity contribution in [1.29, 1.82) is 0 Å². The quantitative estimate of drug-likeness (QED) is 0.864. The van der Waals surface area contributed by atoms with Gasteiger partial charge in [-0.1, -0.05) is 0 Å². The van der Waals surface area contributed by atoms with Gasteiger partial charge < -0.3 is 10.6 Å². The van der Waals surface area contributed by atoms with Gasteiger partial charge >= 0.3 is 0 Å². The van der Waals surface area contributed by atoms with E-state index in [9.17, 15) is 4.79 Å². The maximum absolute atomic E-state index is 12.5. The Morgan fingerprint density at radius 1 is 1.43 bits per heavy atom. The first-order chi connectivity index (χ1) is 10.1. The summed E-state index contributed by atoms with van der Waals surface area (Å²) in [6.07, 6.45) is 5.28. The van der Waals surface area contributed by atoms with Gasteiger partial charge in [-0.25, -0.2) is 9.97 Å². The molecule has 6 heteroatoms. The molecule has 0 spiro atoms. The zero-order valence-electron chi connectivity index (χ0n) is 12.2. The molecular formula is C15H19N5O. The summed E-state index contributed by atoms with van der Waals surface area (Å²) >= 11 is 0. The van der Waals surface area contributed by atoms with Gasteiger partial charge in [-0.15, -0.1) is 0 Å². The van der Waals surface area contributed by atoms with Crippen LogP contribution in [-0.2, 0) is 10.3 Å². The number of imidazole rings is 1. The van der Waals surface area contributed by atoms with Crippen molar-refractivity contribution < 1.29 is 4.79 Å². The number of piperidine rings is 1. The molecule has 110 valence electrons. The van der Waals surface area contributed by atoms with Crippen LogP contribution in [0.25, 0.3) is 5.52 Å². The van der Waals surface area contributed by atoms with Gasteiger partial charge in [-0.3, -0.25) is 9.20 Å². The standard InChI is InChI=1S/C15H19N5O/c1-15(2,14-18-5-9-3-4-16-8-20(9)14)19-13(21)12-10-6-17-7-11(10)12/h3-5,8,10-12,17H,6-7H2,1-2H3,(H,19,21)/t10-,11+,12+. The molecule has 21 heavy (non-hydrogen) atoms. The van der Waals surface area contributed by atoms with Crippen LogP contribution in [0.1, 0.15) is 19.7 Å². The predicted molar refractivity (Wildman–Crippen MR) is 77.5 cm³/mol. The molecule has 2 fully saturated rings. The maximum atomic E-state index is 12.5. The van der Waals surface area contributed by atoms with E-state index in [2.05, 4.69) is 20.6 Å². The number of aromatic nitrogens is 3. The molecule has 1 amide bonds. The minimum atomic E-state index is -0.517. The Kier molecular flexibility index (Phi) is 2.60. The highest BCUT2D eigenvalue weighted by molar-refractivity contribution is 5.83. The average Bonchev–Trinajstić information content (AvgIpc) is 2.82. The number of rotatable bonds is 3. The van der Waals surface area contributed by atoms with Crippen molar-refractivity contribution in [3.63, 3.8) is 0 Å². The van der Waals surface area contributed by atoms with Crippen molar-refractivity contribution in [3.8, 4) is 0 Å². The van der Waals surface area contributed by atoms with E-state index in [1.165, 1.54) is 0 Å². The molecule has 2 aromatic rings. The normalized spacial score (nSPS) is 27.6. The lowest BCUT2D eigenvalue weighted by Gasteiger charge is -2.25. The molecule has 1 saturated carbocycles. The van der Waals surface area contributed by atoms with Gasteiger partial charge in [0.1, 0.15) is 12.2 Å². The molecule has 6 nitrogen and oxygen atoms in total. The molecule has 0 unspecified atom stereocenters. The first-order valence-electron chi connectivity index (χ1n) is 7.38. The van der Waals surface area contributed by atoms with Crippen molar-refractivity contribution in [2.75, 3.05) is 13.1 Å². The Balaban J connectivity index is 1.57. The molecule has 1 aliphatic heterocycles. The molecule has 1 saturated heterocycles. The van der Waals surface area contributed by atoms with Crippen LogP contribution in [0.3, 0.4) is 0 Å². The van der Waals surface area contributed by atoms with E-state index in [1.807, 2.05) is 24.3 Å². The molecule has 0 radical (unpaired) electrons. The molecule has 2 aromatic heterocycles. The third-order valence-electron chi connectivity index (χ3n) is 4.73. The Morgan fingerprint density at radius 2 is 2.19 bits per heavy atom. The van der Waals surface area contributed by atoms with Gasteiger partial charge in [-0.05, 0) is 44.8 Å². The molecule has 1 aliphatic carbocycles. The van der Waals surface area contributed by atoms with E-state index in [1.54, 1.807) is 18.7 Å². The van der Waals surface area contributed by atoms with Gasteiger partial charge in [0.2, 0.25) is 5.91 Å². The highest BCUT2D eigenvalue weighted by Crippen LogP contribution is 2.49.